The second-order valence-electron chi connectivity index (χ2n) is 4.65. The number of H-pyrrole nitrogens is 1. The highest BCUT2D eigenvalue weighted by Gasteiger charge is 2.10. The maximum Gasteiger partial charge on any atom is 0.268 e. The lowest BCUT2D eigenvalue weighted by molar-refractivity contribution is 0.0945. The van der Waals surface area contributed by atoms with Gasteiger partial charge < -0.3 is 24.5 Å². The smallest absolute Gasteiger partial charge is 0.268 e. The van der Waals surface area contributed by atoms with Crippen molar-refractivity contribution in [1.29, 1.82) is 0 Å². The molecule has 0 aliphatic rings. The van der Waals surface area contributed by atoms with Crippen molar-refractivity contribution in [3.05, 3.63) is 51.9 Å². The molecular formula is C16H18N2O5. The van der Waals surface area contributed by atoms with Crippen molar-refractivity contribution in [2.45, 2.75) is 6.54 Å². The van der Waals surface area contributed by atoms with E-state index in [0.717, 1.165) is 5.56 Å². The van der Waals surface area contributed by atoms with E-state index in [-0.39, 0.29) is 29.3 Å². The number of aromatic nitrogens is 1. The molecule has 1 aromatic carbocycles. The van der Waals surface area contributed by atoms with E-state index >= 15 is 0 Å². The summed E-state index contributed by atoms with van der Waals surface area (Å²) in [5.74, 6) is 0.958. The van der Waals surface area contributed by atoms with E-state index in [0.29, 0.717) is 11.5 Å². The average molecular weight is 318 g/mol. The monoisotopic (exact) mass is 318 g/mol. The first kappa shape index (κ1) is 16.4. The fourth-order valence-electron chi connectivity index (χ4n) is 2.02. The van der Waals surface area contributed by atoms with Crippen molar-refractivity contribution >= 4 is 5.91 Å². The first-order valence-corrected chi connectivity index (χ1v) is 6.85. The summed E-state index contributed by atoms with van der Waals surface area (Å²) in [6.07, 6.45) is 1.35. The van der Waals surface area contributed by atoms with Crippen molar-refractivity contribution in [2.75, 3.05) is 21.3 Å². The van der Waals surface area contributed by atoms with Gasteiger partial charge in [-0.25, -0.2) is 0 Å². The van der Waals surface area contributed by atoms with Crippen molar-refractivity contribution in [1.82, 2.24) is 10.3 Å². The van der Waals surface area contributed by atoms with Crippen molar-refractivity contribution in [3.63, 3.8) is 0 Å². The number of benzene rings is 1. The van der Waals surface area contributed by atoms with Crippen molar-refractivity contribution < 1.29 is 19.0 Å². The van der Waals surface area contributed by atoms with E-state index in [1.165, 1.54) is 19.4 Å². The molecule has 0 atom stereocenters. The van der Waals surface area contributed by atoms with Crippen LogP contribution in [0.25, 0.3) is 0 Å². The lowest BCUT2D eigenvalue weighted by atomic mass is 10.2. The molecule has 0 spiro atoms. The molecule has 122 valence electrons. The fourth-order valence-corrected chi connectivity index (χ4v) is 2.02. The van der Waals surface area contributed by atoms with Gasteiger partial charge >= 0.3 is 0 Å². The summed E-state index contributed by atoms with van der Waals surface area (Å²) < 4.78 is 15.2. The zero-order chi connectivity index (χ0) is 16.8. The second-order valence-corrected chi connectivity index (χ2v) is 4.65. The third-order valence-corrected chi connectivity index (χ3v) is 3.24. The summed E-state index contributed by atoms with van der Waals surface area (Å²) in [6, 6.07) is 6.55. The Morgan fingerprint density at radius 3 is 2.35 bits per heavy atom. The van der Waals surface area contributed by atoms with E-state index in [1.54, 1.807) is 26.4 Å². The SMILES string of the molecule is COc1ccc(CNC(=O)c2cc(=O)c(OC)c[nH]2)cc1OC. The zero-order valence-electron chi connectivity index (χ0n) is 13.1. The first-order chi connectivity index (χ1) is 11.1. The number of ether oxygens (including phenoxy) is 3. The summed E-state index contributed by atoms with van der Waals surface area (Å²) in [5, 5.41) is 2.72. The Morgan fingerprint density at radius 1 is 1.04 bits per heavy atom. The number of hydrogen-bond donors (Lipinski definition) is 2. The standard InChI is InChI=1S/C16H18N2O5/c1-21-13-5-4-10(6-14(13)22-2)8-18-16(20)11-7-12(19)15(23-3)9-17-11/h4-7,9H,8H2,1-3H3,(H,17,19)(H,18,20). The molecule has 0 radical (unpaired) electrons. The third-order valence-electron chi connectivity index (χ3n) is 3.24. The van der Waals surface area contributed by atoms with Gasteiger partial charge in [-0.1, -0.05) is 6.07 Å². The molecular weight excluding hydrogens is 300 g/mol. The van der Waals surface area contributed by atoms with Crippen LogP contribution in [0.3, 0.4) is 0 Å². The number of carbonyl (C=O) groups excluding carboxylic acids is 1. The Kier molecular flexibility index (Phi) is 5.24. The number of nitrogens with one attached hydrogen (secondary N) is 2. The van der Waals surface area contributed by atoms with E-state index in [4.69, 9.17) is 14.2 Å². The molecule has 0 unspecified atom stereocenters. The van der Waals surface area contributed by atoms with Gasteiger partial charge in [0.15, 0.2) is 17.2 Å². The maximum atomic E-state index is 12.1. The highest BCUT2D eigenvalue weighted by molar-refractivity contribution is 5.92. The molecule has 1 amide bonds. The van der Waals surface area contributed by atoms with Crippen LogP contribution in [0.1, 0.15) is 16.1 Å². The van der Waals surface area contributed by atoms with Crippen LogP contribution in [0, 0.1) is 0 Å². The van der Waals surface area contributed by atoms with Crippen LogP contribution < -0.4 is 25.0 Å². The van der Waals surface area contributed by atoms with Crippen LogP contribution in [0.15, 0.2) is 35.3 Å². The summed E-state index contributed by atoms with van der Waals surface area (Å²) in [5.41, 5.74) is 0.644. The lowest BCUT2D eigenvalue weighted by Gasteiger charge is -2.10. The van der Waals surface area contributed by atoms with Gasteiger partial charge in [-0.15, -0.1) is 0 Å². The predicted molar refractivity (Wildman–Crippen MR) is 84.3 cm³/mol. The Morgan fingerprint density at radius 2 is 1.74 bits per heavy atom. The molecule has 0 aliphatic heterocycles. The number of carbonyl (C=O) groups is 1. The van der Waals surface area contributed by atoms with Crippen LogP contribution in [-0.4, -0.2) is 32.2 Å². The van der Waals surface area contributed by atoms with Gasteiger partial charge in [-0.3, -0.25) is 9.59 Å². The van der Waals surface area contributed by atoms with E-state index < -0.39 is 0 Å². The number of hydrogen-bond acceptors (Lipinski definition) is 5. The highest BCUT2D eigenvalue weighted by atomic mass is 16.5. The fraction of sp³-hybridized carbons (Fsp3) is 0.250. The molecule has 0 saturated heterocycles. The molecule has 1 aromatic heterocycles. The van der Waals surface area contributed by atoms with Gasteiger partial charge in [0, 0.05) is 18.8 Å². The summed E-state index contributed by atoms with van der Waals surface area (Å²) in [7, 11) is 4.49. The molecule has 2 aromatic rings. The molecule has 2 rings (SSSR count). The normalized spacial score (nSPS) is 10.0. The molecule has 7 nitrogen and oxygen atoms in total. The molecule has 2 N–H and O–H groups in total. The van der Waals surface area contributed by atoms with E-state index in [2.05, 4.69) is 10.3 Å². The lowest BCUT2D eigenvalue weighted by Crippen LogP contribution is -2.25. The topological polar surface area (TPSA) is 89.6 Å². The largest absolute Gasteiger partial charge is 0.493 e. The molecule has 0 aliphatic carbocycles. The number of methoxy groups -OCH3 is 3. The molecule has 0 fully saturated rings. The van der Waals surface area contributed by atoms with Gasteiger partial charge in [0.1, 0.15) is 5.69 Å². The minimum Gasteiger partial charge on any atom is -0.493 e. The summed E-state index contributed by atoms with van der Waals surface area (Å²) in [4.78, 5) is 26.4. The van der Waals surface area contributed by atoms with Gasteiger partial charge in [0.05, 0.1) is 21.3 Å². The Balaban J connectivity index is 2.07. The third kappa shape index (κ3) is 3.82. The number of aromatic amines is 1. The van der Waals surface area contributed by atoms with Crippen molar-refractivity contribution in [3.8, 4) is 17.2 Å². The van der Waals surface area contributed by atoms with Gasteiger partial charge in [0.2, 0.25) is 5.43 Å². The minimum atomic E-state index is -0.389. The first-order valence-electron chi connectivity index (χ1n) is 6.85. The minimum absolute atomic E-state index is 0.154. The predicted octanol–water partition coefficient (Wildman–Crippen LogP) is 1.33. The second kappa shape index (κ2) is 7.35. The van der Waals surface area contributed by atoms with Crippen LogP contribution in [-0.2, 0) is 6.54 Å². The summed E-state index contributed by atoms with van der Waals surface area (Å²) >= 11 is 0. The van der Waals surface area contributed by atoms with Gasteiger partial charge in [-0.2, -0.15) is 0 Å². The van der Waals surface area contributed by atoms with E-state index in [9.17, 15) is 9.59 Å². The Bertz CT molecular complexity index is 754. The molecule has 0 saturated carbocycles. The average Bonchev–Trinajstić information content (AvgIpc) is 2.59. The van der Waals surface area contributed by atoms with Crippen LogP contribution >= 0.6 is 0 Å². The van der Waals surface area contributed by atoms with Crippen molar-refractivity contribution in [2.24, 2.45) is 0 Å². The molecule has 23 heavy (non-hydrogen) atoms. The van der Waals surface area contributed by atoms with E-state index in [1.807, 2.05) is 6.07 Å². The van der Waals surface area contributed by atoms with Gasteiger partial charge in [-0.05, 0) is 17.7 Å². The quantitative estimate of drug-likeness (QED) is 0.839. The number of rotatable bonds is 6. The molecule has 0 bridgehead atoms. The van der Waals surface area contributed by atoms with Crippen LogP contribution in [0.2, 0.25) is 0 Å². The highest BCUT2D eigenvalue weighted by Crippen LogP contribution is 2.27. The Hall–Kier alpha value is -2.96. The van der Waals surface area contributed by atoms with Crippen LogP contribution in [0.4, 0.5) is 0 Å². The van der Waals surface area contributed by atoms with Gasteiger partial charge in [0.25, 0.3) is 5.91 Å². The number of amides is 1. The molecule has 1 heterocycles. The summed E-state index contributed by atoms with van der Waals surface area (Å²) in [6.45, 7) is 0.285. The van der Waals surface area contributed by atoms with Crippen LogP contribution in [0.5, 0.6) is 17.2 Å². The number of pyridine rings is 1. The Labute approximate surface area is 133 Å². The molecule has 7 heteroatoms. The zero-order valence-corrected chi connectivity index (χ0v) is 13.1. The maximum absolute atomic E-state index is 12.1.